The molecule has 194 valence electrons. The number of hydrogen-bond donors (Lipinski definition) is 1. The van der Waals surface area contributed by atoms with Gasteiger partial charge in [-0.1, -0.05) is 60.0 Å². The summed E-state index contributed by atoms with van der Waals surface area (Å²) in [5.41, 5.74) is 3.31. The molecule has 2 aliphatic rings. The normalized spacial score (nSPS) is 17.4. The van der Waals surface area contributed by atoms with E-state index in [9.17, 15) is 9.59 Å². The number of benzene rings is 2. The van der Waals surface area contributed by atoms with E-state index in [2.05, 4.69) is 20.4 Å². The van der Waals surface area contributed by atoms with Crippen LogP contribution in [0.3, 0.4) is 0 Å². The molecule has 0 atom stereocenters. The monoisotopic (exact) mass is 501 g/mol. The van der Waals surface area contributed by atoms with Crippen LogP contribution in [0.1, 0.15) is 60.3 Å². The van der Waals surface area contributed by atoms with E-state index in [-0.39, 0.29) is 17.7 Å². The summed E-state index contributed by atoms with van der Waals surface area (Å²) in [5.74, 6) is 1.08. The maximum Gasteiger partial charge on any atom is 0.255 e. The number of carbonyl (C=O) groups excluding carboxylic acids is 2. The third kappa shape index (κ3) is 6.25. The minimum absolute atomic E-state index is 0.0113. The fraction of sp³-hybridized carbons (Fsp3) is 0.448. The minimum Gasteiger partial charge on any atom is -0.339 e. The standard InChI is InChI=1S/C29H35N5O3/c1-21-10-12-22(13-11-21)27-31-26(37-32-27)20-33-18-14-23(15-19-33)28(35)30-25-9-5-4-8-24(25)29(36)34-16-6-2-3-7-17-34/h4-5,8-13,23H,2-3,6-7,14-20H2,1H3,(H,30,35). The molecule has 0 radical (unpaired) electrons. The Morgan fingerprint density at radius 1 is 0.946 bits per heavy atom. The number of carbonyl (C=O) groups is 2. The van der Waals surface area contributed by atoms with Crippen molar-refractivity contribution in [3.63, 3.8) is 0 Å². The van der Waals surface area contributed by atoms with Crippen molar-refractivity contribution in [2.75, 3.05) is 31.5 Å². The van der Waals surface area contributed by atoms with Gasteiger partial charge in [-0.3, -0.25) is 14.5 Å². The van der Waals surface area contributed by atoms with Gasteiger partial charge >= 0.3 is 0 Å². The van der Waals surface area contributed by atoms with Gasteiger partial charge in [-0.25, -0.2) is 0 Å². The molecule has 5 rings (SSSR count). The lowest BCUT2D eigenvalue weighted by Crippen LogP contribution is -2.38. The minimum atomic E-state index is -0.0941. The number of anilines is 1. The van der Waals surface area contributed by atoms with Gasteiger partial charge in [0.1, 0.15) is 0 Å². The van der Waals surface area contributed by atoms with Crippen molar-refractivity contribution >= 4 is 17.5 Å². The lowest BCUT2D eigenvalue weighted by Gasteiger charge is -2.30. The molecule has 37 heavy (non-hydrogen) atoms. The van der Waals surface area contributed by atoms with Crippen LogP contribution in [0.5, 0.6) is 0 Å². The highest BCUT2D eigenvalue weighted by atomic mass is 16.5. The molecule has 1 aromatic heterocycles. The van der Waals surface area contributed by atoms with E-state index >= 15 is 0 Å². The lowest BCUT2D eigenvalue weighted by molar-refractivity contribution is -0.121. The topological polar surface area (TPSA) is 91.6 Å². The van der Waals surface area contributed by atoms with E-state index in [1.54, 1.807) is 0 Å². The van der Waals surface area contributed by atoms with Crippen LogP contribution in [0.2, 0.25) is 0 Å². The molecular formula is C29H35N5O3. The molecule has 2 aliphatic heterocycles. The molecule has 8 heteroatoms. The van der Waals surface area contributed by atoms with Gasteiger partial charge in [-0.15, -0.1) is 0 Å². The van der Waals surface area contributed by atoms with E-state index in [1.807, 2.05) is 60.4 Å². The molecule has 0 bridgehead atoms. The van der Waals surface area contributed by atoms with E-state index in [4.69, 9.17) is 4.52 Å². The molecule has 3 aromatic rings. The third-order valence-corrected chi connectivity index (χ3v) is 7.40. The number of aryl methyl sites for hydroxylation is 1. The molecule has 0 aliphatic carbocycles. The van der Waals surface area contributed by atoms with Crippen LogP contribution in [-0.4, -0.2) is 57.9 Å². The Labute approximate surface area is 218 Å². The maximum absolute atomic E-state index is 13.2. The summed E-state index contributed by atoms with van der Waals surface area (Å²) in [5, 5.41) is 7.19. The molecule has 0 spiro atoms. The summed E-state index contributed by atoms with van der Waals surface area (Å²) >= 11 is 0. The third-order valence-electron chi connectivity index (χ3n) is 7.40. The zero-order valence-corrected chi connectivity index (χ0v) is 21.5. The van der Waals surface area contributed by atoms with Crippen molar-refractivity contribution in [2.45, 2.75) is 52.0 Å². The highest BCUT2D eigenvalue weighted by molar-refractivity contribution is 6.04. The van der Waals surface area contributed by atoms with E-state index < -0.39 is 0 Å². The Morgan fingerprint density at radius 3 is 2.38 bits per heavy atom. The van der Waals surface area contributed by atoms with Crippen LogP contribution in [0, 0.1) is 12.8 Å². The fourth-order valence-electron chi connectivity index (χ4n) is 5.14. The number of nitrogens with zero attached hydrogens (tertiary/aromatic N) is 4. The average Bonchev–Trinajstić information content (AvgIpc) is 3.21. The molecule has 2 saturated heterocycles. The summed E-state index contributed by atoms with van der Waals surface area (Å²) in [4.78, 5) is 35.1. The zero-order chi connectivity index (χ0) is 25.6. The number of nitrogens with one attached hydrogen (secondary N) is 1. The van der Waals surface area contributed by atoms with Gasteiger partial charge in [-0.05, 0) is 57.8 Å². The quantitative estimate of drug-likeness (QED) is 0.516. The number of hydrogen-bond acceptors (Lipinski definition) is 6. The fourth-order valence-corrected chi connectivity index (χ4v) is 5.14. The first kappa shape index (κ1) is 25.1. The number of para-hydroxylation sites is 1. The summed E-state index contributed by atoms with van der Waals surface area (Å²) in [6, 6.07) is 15.4. The van der Waals surface area contributed by atoms with Crippen molar-refractivity contribution in [3.8, 4) is 11.4 Å². The smallest absolute Gasteiger partial charge is 0.255 e. The summed E-state index contributed by atoms with van der Waals surface area (Å²) in [6.07, 6.45) is 5.90. The highest BCUT2D eigenvalue weighted by Crippen LogP contribution is 2.24. The summed E-state index contributed by atoms with van der Waals surface area (Å²) in [6.45, 7) is 5.73. The van der Waals surface area contributed by atoms with Gasteiger partial charge < -0.3 is 14.7 Å². The predicted octanol–water partition coefficient (Wildman–Crippen LogP) is 4.91. The van der Waals surface area contributed by atoms with Crippen molar-refractivity contribution in [1.82, 2.24) is 19.9 Å². The zero-order valence-electron chi connectivity index (χ0n) is 21.5. The molecule has 2 amide bonds. The Kier molecular flexibility index (Phi) is 7.94. The Hall–Kier alpha value is -3.52. The van der Waals surface area contributed by atoms with Crippen molar-refractivity contribution in [2.24, 2.45) is 5.92 Å². The second kappa shape index (κ2) is 11.7. The highest BCUT2D eigenvalue weighted by Gasteiger charge is 2.27. The Morgan fingerprint density at radius 2 is 1.65 bits per heavy atom. The molecule has 0 unspecified atom stereocenters. The second-order valence-corrected chi connectivity index (χ2v) is 10.2. The van der Waals surface area contributed by atoms with Gasteiger partial charge in [0.15, 0.2) is 0 Å². The largest absolute Gasteiger partial charge is 0.339 e. The first-order valence-corrected chi connectivity index (χ1v) is 13.4. The van der Waals surface area contributed by atoms with E-state index in [1.165, 1.54) is 18.4 Å². The van der Waals surface area contributed by atoms with Crippen LogP contribution in [-0.2, 0) is 11.3 Å². The summed E-state index contributed by atoms with van der Waals surface area (Å²) < 4.78 is 5.48. The molecular weight excluding hydrogens is 466 g/mol. The van der Waals surface area contributed by atoms with Crippen molar-refractivity contribution in [3.05, 3.63) is 65.5 Å². The second-order valence-electron chi connectivity index (χ2n) is 10.2. The first-order chi connectivity index (χ1) is 18.1. The van der Waals surface area contributed by atoms with Crippen LogP contribution in [0.25, 0.3) is 11.4 Å². The van der Waals surface area contributed by atoms with E-state index in [0.29, 0.717) is 29.5 Å². The molecule has 3 heterocycles. The van der Waals surface area contributed by atoms with Crippen molar-refractivity contribution < 1.29 is 14.1 Å². The predicted molar refractivity (Wildman–Crippen MR) is 142 cm³/mol. The molecule has 0 saturated carbocycles. The van der Waals surface area contributed by atoms with Crippen LogP contribution in [0.15, 0.2) is 53.1 Å². The first-order valence-electron chi connectivity index (χ1n) is 13.4. The van der Waals surface area contributed by atoms with Gasteiger partial charge in [0.05, 0.1) is 17.8 Å². The number of aromatic nitrogens is 2. The van der Waals surface area contributed by atoms with Crippen LogP contribution < -0.4 is 5.32 Å². The molecule has 1 N–H and O–H groups in total. The molecule has 2 aromatic carbocycles. The number of amides is 2. The maximum atomic E-state index is 13.2. The average molecular weight is 502 g/mol. The van der Waals surface area contributed by atoms with Gasteiger partial charge in [0.25, 0.3) is 5.91 Å². The number of likely N-dealkylation sites (tertiary alicyclic amines) is 2. The van der Waals surface area contributed by atoms with Gasteiger partial charge in [-0.2, -0.15) is 4.98 Å². The Bertz CT molecular complexity index is 1210. The van der Waals surface area contributed by atoms with Crippen LogP contribution >= 0.6 is 0 Å². The van der Waals surface area contributed by atoms with Crippen molar-refractivity contribution in [1.29, 1.82) is 0 Å². The van der Waals surface area contributed by atoms with Gasteiger partial charge in [0, 0.05) is 24.6 Å². The Balaban J connectivity index is 1.15. The van der Waals surface area contributed by atoms with Crippen LogP contribution in [0.4, 0.5) is 5.69 Å². The van der Waals surface area contributed by atoms with E-state index in [0.717, 1.165) is 57.4 Å². The SMILES string of the molecule is Cc1ccc(-c2noc(CN3CCC(C(=O)Nc4ccccc4C(=O)N4CCCCCC4)CC3)n2)cc1. The summed E-state index contributed by atoms with van der Waals surface area (Å²) in [7, 11) is 0. The van der Waals surface area contributed by atoms with Gasteiger partial charge in [0.2, 0.25) is 17.6 Å². The lowest BCUT2D eigenvalue weighted by atomic mass is 9.95. The number of rotatable bonds is 6. The molecule has 8 nitrogen and oxygen atoms in total. The number of piperidine rings is 1. The molecule has 2 fully saturated rings.